The van der Waals surface area contributed by atoms with Gasteiger partial charge in [-0.2, -0.15) is 5.11 Å². The van der Waals surface area contributed by atoms with Gasteiger partial charge in [0.05, 0.1) is 18.5 Å². The van der Waals surface area contributed by atoms with Gasteiger partial charge in [-0.1, -0.05) is 11.6 Å². The van der Waals surface area contributed by atoms with Crippen LogP contribution in [-0.4, -0.2) is 18.2 Å². The molecule has 0 aliphatic carbocycles. The Labute approximate surface area is 133 Å². The maximum Gasteiger partial charge on any atom is 0.341 e. The maximum absolute atomic E-state index is 11.8. The molecule has 0 aliphatic heterocycles. The summed E-state index contributed by atoms with van der Waals surface area (Å²) in [7, 11) is 1.26. The van der Waals surface area contributed by atoms with E-state index in [9.17, 15) is 9.90 Å². The summed E-state index contributed by atoms with van der Waals surface area (Å²) in [4.78, 5) is 11.8. The Bertz CT molecular complexity index is 740. The van der Waals surface area contributed by atoms with E-state index >= 15 is 0 Å². The zero-order valence-electron chi connectivity index (χ0n) is 12.4. The monoisotopic (exact) mass is 318 g/mol. The molecule has 0 radical (unpaired) electrons. The van der Waals surface area contributed by atoms with E-state index in [0.29, 0.717) is 27.5 Å². The summed E-state index contributed by atoms with van der Waals surface area (Å²) in [6.07, 6.45) is 0. The van der Waals surface area contributed by atoms with E-state index in [4.69, 9.17) is 11.6 Å². The molecule has 0 unspecified atom stereocenters. The Morgan fingerprint density at radius 1 is 1.18 bits per heavy atom. The molecular weight excluding hydrogens is 304 g/mol. The second-order valence-electron chi connectivity index (χ2n) is 4.73. The number of benzene rings is 2. The highest BCUT2D eigenvalue weighted by Crippen LogP contribution is 2.34. The zero-order chi connectivity index (χ0) is 16.3. The van der Waals surface area contributed by atoms with Gasteiger partial charge in [0, 0.05) is 5.02 Å². The molecule has 2 rings (SSSR count). The molecular formula is C16H15ClN2O3. The number of esters is 1. The molecule has 0 spiro atoms. The van der Waals surface area contributed by atoms with Crippen molar-refractivity contribution in [3.8, 4) is 5.75 Å². The first-order valence-corrected chi connectivity index (χ1v) is 6.90. The average Bonchev–Trinajstić information content (AvgIpc) is 2.48. The van der Waals surface area contributed by atoms with Gasteiger partial charge in [-0.25, -0.2) is 4.79 Å². The normalized spacial score (nSPS) is 10.9. The van der Waals surface area contributed by atoms with Crippen molar-refractivity contribution in [2.75, 3.05) is 7.11 Å². The fourth-order valence-corrected chi connectivity index (χ4v) is 2.21. The molecule has 2 aromatic carbocycles. The molecule has 6 heteroatoms. The average molecular weight is 319 g/mol. The van der Waals surface area contributed by atoms with Crippen LogP contribution in [0.1, 0.15) is 21.5 Å². The Morgan fingerprint density at radius 3 is 2.41 bits per heavy atom. The van der Waals surface area contributed by atoms with Gasteiger partial charge in [0.2, 0.25) is 0 Å². The Kier molecular flexibility index (Phi) is 4.78. The number of ether oxygens (including phenoxy) is 1. The van der Waals surface area contributed by atoms with Crippen LogP contribution in [0.3, 0.4) is 0 Å². The lowest BCUT2D eigenvalue weighted by atomic mass is 10.0. The molecule has 0 saturated carbocycles. The third kappa shape index (κ3) is 3.26. The number of rotatable bonds is 3. The first kappa shape index (κ1) is 16.0. The number of azo groups is 1. The highest BCUT2D eigenvalue weighted by Gasteiger charge is 2.19. The van der Waals surface area contributed by atoms with Gasteiger partial charge in [0.1, 0.15) is 11.3 Å². The third-order valence-corrected chi connectivity index (χ3v) is 3.45. The van der Waals surface area contributed by atoms with Crippen molar-refractivity contribution in [3.63, 3.8) is 0 Å². The van der Waals surface area contributed by atoms with Crippen LogP contribution in [0.25, 0.3) is 0 Å². The van der Waals surface area contributed by atoms with E-state index < -0.39 is 5.97 Å². The lowest BCUT2D eigenvalue weighted by Crippen LogP contribution is -2.05. The van der Waals surface area contributed by atoms with Gasteiger partial charge in [-0.05, 0) is 55.3 Å². The largest absolute Gasteiger partial charge is 0.507 e. The number of aryl methyl sites for hydroxylation is 1. The van der Waals surface area contributed by atoms with E-state index in [1.807, 2.05) is 0 Å². The number of hydrogen-bond donors (Lipinski definition) is 1. The quantitative estimate of drug-likeness (QED) is 0.648. The Morgan fingerprint density at radius 2 is 1.82 bits per heavy atom. The van der Waals surface area contributed by atoms with Crippen LogP contribution in [-0.2, 0) is 4.74 Å². The number of hydrogen-bond acceptors (Lipinski definition) is 5. The van der Waals surface area contributed by atoms with Crippen molar-refractivity contribution in [1.29, 1.82) is 0 Å². The molecule has 114 valence electrons. The second kappa shape index (κ2) is 6.58. The molecule has 0 aliphatic rings. The van der Waals surface area contributed by atoms with Gasteiger partial charge in [-0.3, -0.25) is 0 Å². The van der Waals surface area contributed by atoms with Crippen LogP contribution in [0.15, 0.2) is 40.6 Å². The molecule has 0 atom stereocenters. The summed E-state index contributed by atoms with van der Waals surface area (Å²) in [5.41, 5.74) is 2.48. The van der Waals surface area contributed by atoms with Crippen LogP contribution >= 0.6 is 11.6 Å². The molecule has 0 bridgehead atoms. The van der Waals surface area contributed by atoms with E-state index in [2.05, 4.69) is 15.0 Å². The SMILES string of the molecule is COC(=O)c1c(O)cc(C)c(N=Nc2ccc(Cl)cc2)c1C. The summed E-state index contributed by atoms with van der Waals surface area (Å²) in [6.45, 7) is 3.47. The number of nitrogens with zero attached hydrogens (tertiary/aromatic N) is 2. The van der Waals surface area contributed by atoms with Gasteiger partial charge in [-0.15, -0.1) is 5.11 Å². The Balaban J connectivity index is 2.46. The van der Waals surface area contributed by atoms with Crippen LogP contribution in [0.4, 0.5) is 11.4 Å². The molecule has 5 nitrogen and oxygen atoms in total. The topological polar surface area (TPSA) is 71.2 Å². The summed E-state index contributed by atoms with van der Waals surface area (Å²) < 4.78 is 4.68. The minimum Gasteiger partial charge on any atom is -0.507 e. The molecule has 0 aromatic heterocycles. The fraction of sp³-hybridized carbons (Fsp3) is 0.188. The fourth-order valence-electron chi connectivity index (χ4n) is 2.08. The standard InChI is InChI=1S/C16H15ClN2O3/c1-9-8-13(20)14(16(21)22-3)10(2)15(9)19-18-12-6-4-11(17)5-7-12/h4-8,20H,1-3H3. The van der Waals surface area contributed by atoms with Gasteiger partial charge in [0.15, 0.2) is 0 Å². The molecule has 1 N–H and O–H groups in total. The summed E-state index contributed by atoms with van der Waals surface area (Å²) in [6, 6.07) is 8.37. The van der Waals surface area contributed by atoms with Gasteiger partial charge < -0.3 is 9.84 Å². The van der Waals surface area contributed by atoms with Crippen molar-refractivity contribution in [2.45, 2.75) is 13.8 Å². The van der Waals surface area contributed by atoms with Gasteiger partial charge in [0.25, 0.3) is 0 Å². The third-order valence-electron chi connectivity index (χ3n) is 3.19. The highest BCUT2D eigenvalue weighted by atomic mass is 35.5. The van der Waals surface area contributed by atoms with E-state index in [1.54, 1.807) is 38.1 Å². The summed E-state index contributed by atoms with van der Waals surface area (Å²) in [5.74, 6) is -0.745. The smallest absolute Gasteiger partial charge is 0.341 e. The number of phenols is 1. The maximum atomic E-state index is 11.8. The van der Waals surface area contributed by atoms with Crippen molar-refractivity contribution in [3.05, 3.63) is 52.0 Å². The van der Waals surface area contributed by atoms with Crippen LogP contribution in [0.2, 0.25) is 5.02 Å². The summed E-state index contributed by atoms with van der Waals surface area (Å²) in [5, 5.41) is 18.9. The van der Waals surface area contributed by atoms with E-state index in [-0.39, 0.29) is 11.3 Å². The number of aromatic hydroxyl groups is 1. The number of carbonyl (C=O) groups excluding carboxylic acids is 1. The van der Waals surface area contributed by atoms with E-state index in [1.165, 1.54) is 13.2 Å². The lowest BCUT2D eigenvalue weighted by Gasteiger charge is -2.11. The first-order chi connectivity index (χ1) is 10.4. The molecule has 0 amide bonds. The van der Waals surface area contributed by atoms with Crippen molar-refractivity contribution in [2.24, 2.45) is 10.2 Å². The summed E-state index contributed by atoms with van der Waals surface area (Å²) >= 11 is 5.82. The Hall–Kier alpha value is -2.40. The highest BCUT2D eigenvalue weighted by molar-refractivity contribution is 6.30. The van der Waals surface area contributed by atoms with Crippen molar-refractivity contribution < 1.29 is 14.6 Å². The lowest BCUT2D eigenvalue weighted by molar-refractivity contribution is 0.0596. The number of halogens is 1. The van der Waals surface area contributed by atoms with Crippen molar-refractivity contribution >= 4 is 28.9 Å². The minimum atomic E-state index is -0.613. The molecule has 0 fully saturated rings. The van der Waals surface area contributed by atoms with Crippen LogP contribution < -0.4 is 0 Å². The molecule has 0 heterocycles. The zero-order valence-corrected chi connectivity index (χ0v) is 13.2. The number of methoxy groups -OCH3 is 1. The van der Waals surface area contributed by atoms with E-state index in [0.717, 1.165) is 0 Å². The van der Waals surface area contributed by atoms with Crippen molar-refractivity contribution in [1.82, 2.24) is 0 Å². The number of phenolic OH excluding ortho intramolecular Hbond substituents is 1. The van der Waals surface area contributed by atoms with Crippen LogP contribution in [0, 0.1) is 13.8 Å². The minimum absolute atomic E-state index is 0.0955. The second-order valence-corrected chi connectivity index (χ2v) is 5.17. The molecule has 0 saturated heterocycles. The first-order valence-electron chi connectivity index (χ1n) is 6.53. The number of carbonyl (C=O) groups is 1. The molecule has 2 aromatic rings. The van der Waals surface area contributed by atoms with Crippen LogP contribution in [0.5, 0.6) is 5.75 Å². The molecule has 22 heavy (non-hydrogen) atoms. The predicted molar refractivity (Wildman–Crippen MR) is 84.5 cm³/mol. The van der Waals surface area contributed by atoms with Gasteiger partial charge >= 0.3 is 5.97 Å². The predicted octanol–water partition coefficient (Wildman–Crippen LogP) is 4.86.